The molecule has 2 aliphatic heterocycles. The molecule has 0 aromatic heterocycles. The van der Waals surface area contributed by atoms with E-state index in [0.717, 1.165) is 52.4 Å². The molecule has 0 radical (unpaired) electrons. The van der Waals surface area contributed by atoms with Gasteiger partial charge in [-0.05, 0) is 91.4 Å². The number of nitrogens with one attached hydrogen (secondary N) is 1. The number of rotatable bonds is 5. The molecule has 3 rings (SSSR count). The van der Waals surface area contributed by atoms with Crippen molar-refractivity contribution in [1.82, 2.24) is 4.90 Å². The minimum atomic E-state index is -0.0851. The molecule has 0 amide bonds. The molecule has 0 bridgehead atoms. The maximum absolute atomic E-state index is 10.9. The Morgan fingerprint density at radius 2 is 2.04 bits per heavy atom. The Hall–Kier alpha value is -0.780. The van der Waals surface area contributed by atoms with Gasteiger partial charge in [0.15, 0.2) is 0 Å². The molecule has 0 aliphatic carbocycles. The second-order valence-electron chi connectivity index (χ2n) is 7.95. The van der Waals surface area contributed by atoms with Crippen LogP contribution in [-0.2, 0) is 5.41 Å². The Morgan fingerprint density at radius 1 is 1.31 bits per heavy atom. The summed E-state index contributed by atoms with van der Waals surface area (Å²) >= 11 is 7.19. The molecule has 26 heavy (non-hydrogen) atoms. The Labute approximate surface area is 173 Å². The molecule has 3 nitrogen and oxygen atoms in total. The monoisotopic (exact) mass is 482 g/mol. The highest BCUT2D eigenvalue weighted by Gasteiger charge is 2.54. The summed E-state index contributed by atoms with van der Waals surface area (Å²) in [6.45, 7) is 7.56. The van der Waals surface area contributed by atoms with E-state index in [2.05, 4.69) is 82.0 Å². The van der Waals surface area contributed by atoms with E-state index in [4.69, 9.17) is 0 Å². The number of phenolic OH excluding ortho intramolecular Hbond substituents is 1. The number of likely N-dealkylation sites (tertiary alicyclic amines) is 1. The zero-order valence-electron chi connectivity index (χ0n) is 16.0. The number of phenols is 1. The quantitative estimate of drug-likeness (QED) is 0.480. The summed E-state index contributed by atoms with van der Waals surface area (Å²) in [6, 6.07) is 1.93. The minimum Gasteiger partial charge on any atom is -0.506 e. The fourth-order valence-corrected chi connectivity index (χ4v) is 5.58. The van der Waals surface area contributed by atoms with Crippen LogP contribution < -0.4 is 5.32 Å². The van der Waals surface area contributed by atoms with Crippen LogP contribution in [0.25, 0.3) is 0 Å². The van der Waals surface area contributed by atoms with Gasteiger partial charge in [-0.25, -0.2) is 0 Å². The maximum Gasteiger partial charge on any atom is 0.135 e. The van der Waals surface area contributed by atoms with Crippen LogP contribution in [-0.4, -0.2) is 29.8 Å². The third-order valence-electron chi connectivity index (χ3n) is 5.77. The summed E-state index contributed by atoms with van der Waals surface area (Å²) in [7, 11) is 2.16. The number of aromatic hydroxyl groups is 1. The first-order chi connectivity index (χ1) is 12.3. The maximum atomic E-state index is 10.9. The lowest BCUT2D eigenvalue weighted by atomic mass is 9.75. The molecule has 2 aliphatic rings. The van der Waals surface area contributed by atoms with E-state index in [1.807, 2.05) is 6.07 Å². The summed E-state index contributed by atoms with van der Waals surface area (Å²) < 4.78 is 1.76. The van der Waals surface area contributed by atoms with Crippen molar-refractivity contribution in [3.05, 3.63) is 43.9 Å². The number of likely N-dealkylation sites (N-methyl/N-ethyl adjacent to an activating group) is 1. The highest BCUT2D eigenvalue weighted by atomic mass is 79.9. The largest absolute Gasteiger partial charge is 0.506 e. The summed E-state index contributed by atoms with van der Waals surface area (Å²) in [5.74, 6) is 0.379. The van der Waals surface area contributed by atoms with Gasteiger partial charge in [-0.2, -0.15) is 0 Å². The molecule has 1 fully saturated rings. The van der Waals surface area contributed by atoms with E-state index < -0.39 is 0 Å². The zero-order valence-corrected chi connectivity index (χ0v) is 19.2. The SMILES string of the molecule is CC(C)=CCCC(C)=CC[C@@]12CCN(C)[C@@H]1Nc1c(Br)cc(Br)c(O)c12. The number of halogens is 2. The predicted molar refractivity (Wildman–Crippen MR) is 117 cm³/mol. The molecule has 2 heterocycles. The second kappa shape index (κ2) is 7.69. The van der Waals surface area contributed by atoms with Gasteiger partial charge < -0.3 is 10.4 Å². The molecule has 1 aromatic carbocycles. The van der Waals surface area contributed by atoms with Crippen LogP contribution in [0.5, 0.6) is 5.75 Å². The minimum absolute atomic E-state index is 0.0851. The number of nitrogens with zero attached hydrogens (tertiary/aromatic N) is 1. The normalized spacial score (nSPS) is 25.0. The molecule has 2 atom stereocenters. The predicted octanol–water partition coefficient (Wildman–Crippen LogP) is 6.32. The van der Waals surface area contributed by atoms with E-state index in [1.165, 1.54) is 11.1 Å². The average Bonchev–Trinajstić information content (AvgIpc) is 3.06. The molecule has 1 saturated heterocycles. The molecular weight excluding hydrogens is 456 g/mol. The van der Waals surface area contributed by atoms with Crippen molar-refractivity contribution >= 4 is 37.5 Å². The average molecular weight is 484 g/mol. The standard InChI is InChI=1S/C21H28Br2N2O/c1-13(2)6-5-7-14(3)8-9-21-10-11-25(4)20(21)24-18-15(22)12-16(23)19(26)17(18)21/h6,8,12,20,24,26H,5,7,9-11H2,1-4H3/t20-,21-/m0/s1. The van der Waals surface area contributed by atoms with Crippen molar-refractivity contribution in [3.8, 4) is 5.75 Å². The first-order valence-corrected chi connectivity index (χ1v) is 10.8. The summed E-state index contributed by atoms with van der Waals surface area (Å²) in [5.41, 5.74) is 4.81. The number of benzene rings is 1. The van der Waals surface area contributed by atoms with Crippen molar-refractivity contribution in [3.63, 3.8) is 0 Å². The molecule has 5 heteroatoms. The number of fused-ring (bicyclic) bond motifs is 3. The Balaban J connectivity index is 1.93. The Morgan fingerprint density at radius 3 is 2.73 bits per heavy atom. The molecule has 1 aromatic rings. The fraction of sp³-hybridized carbons (Fsp3) is 0.524. The van der Waals surface area contributed by atoms with Crippen LogP contribution in [0.4, 0.5) is 5.69 Å². The summed E-state index contributed by atoms with van der Waals surface area (Å²) in [5, 5.41) is 14.5. The van der Waals surface area contributed by atoms with Crippen LogP contribution in [0, 0.1) is 0 Å². The van der Waals surface area contributed by atoms with Gasteiger partial charge in [-0.1, -0.05) is 23.3 Å². The van der Waals surface area contributed by atoms with Gasteiger partial charge >= 0.3 is 0 Å². The van der Waals surface area contributed by atoms with Crippen LogP contribution in [0.2, 0.25) is 0 Å². The van der Waals surface area contributed by atoms with Gasteiger partial charge in [0.2, 0.25) is 0 Å². The van der Waals surface area contributed by atoms with Crippen LogP contribution >= 0.6 is 31.9 Å². The van der Waals surface area contributed by atoms with Crippen LogP contribution in [0.1, 0.15) is 52.0 Å². The lowest BCUT2D eigenvalue weighted by Crippen LogP contribution is -2.41. The molecule has 0 spiro atoms. The number of hydrogen-bond donors (Lipinski definition) is 2. The van der Waals surface area contributed by atoms with Crippen molar-refractivity contribution in [2.75, 3.05) is 18.9 Å². The number of hydrogen-bond acceptors (Lipinski definition) is 3. The topological polar surface area (TPSA) is 35.5 Å². The van der Waals surface area contributed by atoms with Gasteiger partial charge in [-0.3, -0.25) is 4.90 Å². The third kappa shape index (κ3) is 3.50. The zero-order chi connectivity index (χ0) is 19.1. The fourth-order valence-electron chi connectivity index (χ4n) is 4.31. The van der Waals surface area contributed by atoms with Crippen molar-refractivity contribution in [1.29, 1.82) is 0 Å². The molecule has 2 N–H and O–H groups in total. The molecule has 142 valence electrons. The number of anilines is 1. The van der Waals surface area contributed by atoms with Crippen LogP contribution in [0.15, 0.2) is 38.3 Å². The summed E-state index contributed by atoms with van der Waals surface area (Å²) in [4.78, 5) is 2.37. The van der Waals surface area contributed by atoms with Gasteiger partial charge in [0.05, 0.1) is 16.3 Å². The first kappa shape index (κ1) is 20.0. The van der Waals surface area contributed by atoms with Gasteiger partial charge in [0.25, 0.3) is 0 Å². The Kier molecular flexibility index (Phi) is 5.90. The highest BCUT2D eigenvalue weighted by molar-refractivity contribution is 9.11. The van der Waals surface area contributed by atoms with Gasteiger partial charge in [-0.15, -0.1) is 0 Å². The van der Waals surface area contributed by atoms with Crippen molar-refractivity contribution in [2.45, 2.75) is 58.0 Å². The van der Waals surface area contributed by atoms with Crippen molar-refractivity contribution < 1.29 is 5.11 Å². The Bertz CT molecular complexity index is 768. The van der Waals surface area contributed by atoms with Gasteiger partial charge in [0, 0.05) is 22.0 Å². The molecule has 0 unspecified atom stereocenters. The lowest BCUT2D eigenvalue weighted by molar-refractivity contribution is 0.282. The van der Waals surface area contributed by atoms with Crippen LogP contribution in [0.3, 0.4) is 0 Å². The molecule has 0 saturated carbocycles. The molecular formula is C21H28Br2N2O. The van der Waals surface area contributed by atoms with E-state index in [0.29, 0.717) is 5.75 Å². The smallest absolute Gasteiger partial charge is 0.135 e. The van der Waals surface area contributed by atoms with E-state index in [1.54, 1.807) is 0 Å². The van der Waals surface area contributed by atoms with E-state index >= 15 is 0 Å². The lowest BCUT2D eigenvalue weighted by Gasteiger charge is -2.31. The number of allylic oxidation sites excluding steroid dienone is 4. The first-order valence-electron chi connectivity index (χ1n) is 9.23. The van der Waals surface area contributed by atoms with E-state index in [9.17, 15) is 5.11 Å². The summed E-state index contributed by atoms with van der Waals surface area (Å²) in [6.07, 6.45) is 9.08. The second-order valence-corrected chi connectivity index (χ2v) is 9.66. The van der Waals surface area contributed by atoms with Gasteiger partial charge in [0.1, 0.15) is 5.75 Å². The third-order valence-corrected chi connectivity index (χ3v) is 7.00. The van der Waals surface area contributed by atoms with Crippen molar-refractivity contribution in [2.24, 2.45) is 0 Å². The van der Waals surface area contributed by atoms with E-state index in [-0.39, 0.29) is 11.6 Å². The highest BCUT2D eigenvalue weighted by Crippen LogP contribution is 2.57.